The van der Waals surface area contributed by atoms with Crippen molar-refractivity contribution >= 4 is 5.97 Å². The van der Waals surface area contributed by atoms with Crippen molar-refractivity contribution < 1.29 is 14.3 Å². The van der Waals surface area contributed by atoms with Gasteiger partial charge >= 0.3 is 5.97 Å². The van der Waals surface area contributed by atoms with E-state index in [1.807, 2.05) is 19.1 Å². The molecule has 1 atom stereocenters. The number of rotatable bonds is 3. The Morgan fingerprint density at radius 1 is 1.67 bits per heavy atom. The number of nitrogens with zero attached hydrogens (tertiary/aromatic N) is 2. The summed E-state index contributed by atoms with van der Waals surface area (Å²) >= 11 is 0. The first-order valence-electron chi connectivity index (χ1n) is 6.03. The van der Waals surface area contributed by atoms with Gasteiger partial charge < -0.3 is 9.47 Å². The minimum atomic E-state index is -0.479. The summed E-state index contributed by atoms with van der Waals surface area (Å²) in [6.45, 7) is 4.70. The third kappa shape index (κ3) is 3.05. The third-order valence-electron chi connectivity index (χ3n) is 3.11. The van der Waals surface area contributed by atoms with Gasteiger partial charge in [0.2, 0.25) is 0 Å². The molecule has 0 aliphatic carbocycles. The second kappa shape index (κ2) is 5.93. The number of carbonyl (C=O) groups is 1. The number of carbonyl (C=O) groups excluding carboxylic acids is 1. The van der Waals surface area contributed by atoms with Crippen molar-refractivity contribution in [1.82, 2.24) is 9.88 Å². The molecule has 0 N–H and O–H groups in total. The van der Waals surface area contributed by atoms with E-state index >= 15 is 0 Å². The van der Waals surface area contributed by atoms with Gasteiger partial charge in [0, 0.05) is 25.8 Å². The summed E-state index contributed by atoms with van der Waals surface area (Å²) in [5, 5.41) is 0. The summed E-state index contributed by atoms with van der Waals surface area (Å²) in [5.74, 6) is -0.308. The van der Waals surface area contributed by atoms with Crippen LogP contribution in [0.1, 0.15) is 11.3 Å². The first kappa shape index (κ1) is 13.0. The zero-order chi connectivity index (χ0) is 13.0. The van der Waals surface area contributed by atoms with Gasteiger partial charge in [0.1, 0.15) is 0 Å². The van der Waals surface area contributed by atoms with Crippen molar-refractivity contribution in [2.24, 2.45) is 0 Å². The number of pyridine rings is 1. The molecule has 0 bridgehead atoms. The Bertz CT molecular complexity index is 422. The van der Waals surface area contributed by atoms with E-state index in [4.69, 9.17) is 9.47 Å². The molecule has 2 heterocycles. The van der Waals surface area contributed by atoms with Crippen LogP contribution in [0.4, 0.5) is 0 Å². The highest BCUT2D eigenvalue weighted by atomic mass is 16.6. The molecule has 18 heavy (non-hydrogen) atoms. The molecule has 1 aromatic rings. The number of aromatic nitrogens is 1. The molecule has 1 aromatic heterocycles. The molecular formula is C13H18N2O3. The SMILES string of the molecule is COC(=O)C1CN(Cc2ncccc2C)CCO1. The van der Waals surface area contributed by atoms with E-state index in [1.54, 1.807) is 6.20 Å². The maximum absolute atomic E-state index is 11.4. The third-order valence-corrected chi connectivity index (χ3v) is 3.11. The van der Waals surface area contributed by atoms with Crippen LogP contribution in [0.15, 0.2) is 18.3 Å². The predicted molar refractivity (Wildman–Crippen MR) is 66.0 cm³/mol. The molecule has 0 saturated carbocycles. The second-order valence-corrected chi connectivity index (χ2v) is 4.38. The molecular weight excluding hydrogens is 232 g/mol. The Hall–Kier alpha value is -1.46. The lowest BCUT2D eigenvalue weighted by molar-refractivity contribution is -0.160. The Morgan fingerprint density at radius 2 is 2.50 bits per heavy atom. The van der Waals surface area contributed by atoms with Crippen molar-refractivity contribution in [2.75, 3.05) is 26.8 Å². The standard InChI is InChI=1S/C13H18N2O3/c1-10-4-3-5-14-11(10)8-15-6-7-18-12(9-15)13(16)17-2/h3-5,12H,6-9H2,1-2H3. The summed E-state index contributed by atoms with van der Waals surface area (Å²) in [6.07, 6.45) is 1.31. The number of hydrogen-bond donors (Lipinski definition) is 0. The number of ether oxygens (including phenoxy) is 2. The van der Waals surface area contributed by atoms with Gasteiger partial charge in [-0.05, 0) is 18.6 Å². The van der Waals surface area contributed by atoms with E-state index in [9.17, 15) is 4.79 Å². The van der Waals surface area contributed by atoms with Crippen LogP contribution in [0.2, 0.25) is 0 Å². The molecule has 0 amide bonds. The topological polar surface area (TPSA) is 51.7 Å². The van der Waals surface area contributed by atoms with Crippen LogP contribution >= 0.6 is 0 Å². The zero-order valence-electron chi connectivity index (χ0n) is 10.8. The van der Waals surface area contributed by atoms with Crippen molar-refractivity contribution in [3.8, 4) is 0 Å². The fourth-order valence-electron chi connectivity index (χ4n) is 2.02. The minimum Gasteiger partial charge on any atom is -0.467 e. The maximum Gasteiger partial charge on any atom is 0.336 e. The van der Waals surface area contributed by atoms with Crippen LogP contribution in [0, 0.1) is 6.92 Å². The summed E-state index contributed by atoms with van der Waals surface area (Å²) in [5.41, 5.74) is 2.21. The van der Waals surface area contributed by atoms with Crippen molar-refractivity contribution in [3.63, 3.8) is 0 Å². The number of methoxy groups -OCH3 is 1. The van der Waals surface area contributed by atoms with Crippen LogP contribution in [0.3, 0.4) is 0 Å². The molecule has 1 aliphatic heterocycles. The molecule has 0 aromatic carbocycles. The Labute approximate surface area is 107 Å². The van der Waals surface area contributed by atoms with Gasteiger partial charge in [-0.2, -0.15) is 0 Å². The first-order valence-corrected chi connectivity index (χ1v) is 6.03. The van der Waals surface area contributed by atoms with E-state index in [0.29, 0.717) is 13.2 Å². The van der Waals surface area contributed by atoms with Crippen LogP contribution in [0.25, 0.3) is 0 Å². The lowest BCUT2D eigenvalue weighted by Crippen LogP contribution is -2.46. The maximum atomic E-state index is 11.4. The van der Waals surface area contributed by atoms with Gasteiger partial charge in [0.05, 0.1) is 19.4 Å². The average molecular weight is 250 g/mol. The number of aryl methyl sites for hydroxylation is 1. The Kier molecular flexibility index (Phi) is 4.28. The van der Waals surface area contributed by atoms with Gasteiger partial charge in [-0.15, -0.1) is 0 Å². The summed E-state index contributed by atoms with van der Waals surface area (Å²) in [7, 11) is 1.38. The lowest BCUT2D eigenvalue weighted by atomic mass is 10.2. The number of morpholine rings is 1. The average Bonchev–Trinajstić information content (AvgIpc) is 2.41. The quantitative estimate of drug-likeness (QED) is 0.741. The van der Waals surface area contributed by atoms with E-state index in [0.717, 1.165) is 18.8 Å². The molecule has 1 fully saturated rings. The fourth-order valence-corrected chi connectivity index (χ4v) is 2.02. The molecule has 0 spiro atoms. The van der Waals surface area contributed by atoms with Gasteiger partial charge in [-0.1, -0.05) is 6.07 Å². The molecule has 1 unspecified atom stereocenters. The summed E-state index contributed by atoms with van der Waals surface area (Å²) in [6, 6.07) is 3.97. The smallest absolute Gasteiger partial charge is 0.336 e. The molecule has 1 aliphatic rings. The summed E-state index contributed by atoms with van der Waals surface area (Å²) < 4.78 is 10.1. The highest BCUT2D eigenvalue weighted by Gasteiger charge is 2.27. The highest BCUT2D eigenvalue weighted by molar-refractivity contribution is 5.74. The molecule has 0 radical (unpaired) electrons. The van der Waals surface area contributed by atoms with Crippen molar-refractivity contribution in [3.05, 3.63) is 29.6 Å². The molecule has 98 valence electrons. The van der Waals surface area contributed by atoms with Gasteiger partial charge in [0.15, 0.2) is 6.10 Å². The Morgan fingerprint density at radius 3 is 3.22 bits per heavy atom. The summed E-state index contributed by atoms with van der Waals surface area (Å²) in [4.78, 5) is 18.0. The zero-order valence-corrected chi connectivity index (χ0v) is 10.8. The van der Waals surface area contributed by atoms with Gasteiger partial charge in [-0.3, -0.25) is 9.88 Å². The van der Waals surface area contributed by atoms with Crippen LogP contribution < -0.4 is 0 Å². The largest absolute Gasteiger partial charge is 0.467 e. The van der Waals surface area contributed by atoms with Gasteiger partial charge in [0.25, 0.3) is 0 Å². The molecule has 5 nitrogen and oxygen atoms in total. The highest BCUT2D eigenvalue weighted by Crippen LogP contribution is 2.12. The fraction of sp³-hybridized carbons (Fsp3) is 0.538. The van der Waals surface area contributed by atoms with Crippen LogP contribution in [0.5, 0.6) is 0 Å². The first-order chi connectivity index (χ1) is 8.70. The normalized spacial score (nSPS) is 20.7. The number of hydrogen-bond acceptors (Lipinski definition) is 5. The monoisotopic (exact) mass is 250 g/mol. The van der Waals surface area contributed by atoms with Gasteiger partial charge in [-0.25, -0.2) is 4.79 Å². The van der Waals surface area contributed by atoms with Crippen molar-refractivity contribution in [1.29, 1.82) is 0 Å². The van der Waals surface area contributed by atoms with Crippen LogP contribution in [-0.2, 0) is 20.8 Å². The molecule has 2 rings (SSSR count). The van der Waals surface area contributed by atoms with E-state index < -0.39 is 6.10 Å². The van der Waals surface area contributed by atoms with E-state index in [-0.39, 0.29) is 5.97 Å². The lowest BCUT2D eigenvalue weighted by Gasteiger charge is -2.31. The van der Waals surface area contributed by atoms with Crippen molar-refractivity contribution in [2.45, 2.75) is 19.6 Å². The van der Waals surface area contributed by atoms with Crippen LogP contribution in [-0.4, -0.2) is 48.8 Å². The minimum absolute atomic E-state index is 0.308. The van der Waals surface area contributed by atoms with E-state index in [2.05, 4.69) is 9.88 Å². The number of esters is 1. The molecule has 1 saturated heterocycles. The Balaban J connectivity index is 1.98. The predicted octanol–water partition coefficient (Wildman–Crippen LogP) is 0.764. The molecule has 5 heteroatoms. The van der Waals surface area contributed by atoms with E-state index in [1.165, 1.54) is 12.7 Å². The second-order valence-electron chi connectivity index (χ2n) is 4.38.